The molecule has 4 aromatic carbocycles. The first-order chi connectivity index (χ1) is 30.4. The molecule has 5 aromatic rings. The maximum absolute atomic E-state index is 14.1. The highest BCUT2D eigenvalue weighted by Gasteiger charge is 2.35. The molecule has 63 heavy (non-hydrogen) atoms. The number of rotatable bonds is 23. The van der Waals surface area contributed by atoms with E-state index in [1.165, 1.54) is 30.3 Å². The van der Waals surface area contributed by atoms with Crippen LogP contribution in [0.1, 0.15) is 66.4 Å². The van der Waals surface area contributed by atoms with Gasteiger partial charge in [0.15, 0.2) is 11.5 Å². The minimum absolute atomic E-state index is 0.162. The fraction of sp³-hybridized carbons (Fsp3) is 0.386. The van der Waals surface area contributed by atoms with Gasteiger partial charge in [-0.25, -0.2) is 0 Å². The second-order valence-electron chi connectivity index (χ2n) is 15.4. The molecule has 0 radical (unpaired) electrons. The van der Waals surface area contributed by atoms with Crippen LogP contribution < -0.4 is 10.2 Å². The summed E-state index contributed by atoms with van der Waals surface area (Å²) in [4.78, 5) is 50.3. The van der Waals surface area contributed by atoms with Crippen LogP contribution in [-0.2, 0) is 35.5 Å². The number of carbonyl (C=O) groups is 2. The van der Waals surface area contributed by atoms with Crippen LogP contribution in [0.4, 0.5) is 28.4 Å². The fourth-order valence-electron chi connectivity index (χ4n) is 8.05. The van der Waals surface area contributed by atoms with Crippen molar-refractivity contribution in [3.8, 4) is 11.3 Å². The molecule has 0 saturated carbocycles. The molecule has 1 aliphatic carbocycles. The largest absolute Gasteiger partial charge is 0.379 e. The Morgan fingerprint density at radius 2 is 1.59 bits per heavy atom. The molecule has 2 N–H and O–H groups in total. The summed E-state index contributed by atoms with van der Waals surface area (Å²) >= 11 is 0. The SMILES string of the molecule is O=C1c2ccccc2-c2onc3c(N4CCC[C@@H](C(=O)CCCCOCCOCCOCCCCc5ccc([N+](=O)[O-])cc5[N+](=O)[O-])C4)cc(Nc4cccc(S(=O)(=O)O)c4)c1c23. The monoisotopic (exact) mass is 885 g/mol. The zero-order valence-corrected chi connectivity index (χ0v) is 35.2. The van der Waals surface area contributed by atoms with E-state index in [1.807, 2.05) is 6.07 Å². The number of carbonyl (C=O) groups excluding carboxylic acids is 2. The van der Waals surface area contributed by atoms with Gasteiger partial charge in [-0.1, -0.05) is 35.5 Å². The van der Waals surface area contributed by atoms with Crippen molar-refractivity contribution < 1.29 is 51.1 Å². The molecule has 1 aliphatic heterocycles. The number of nitrogens with zero attached hydrogens (tertiary/aromatic N) is 4. The lowest BCUT2D eigenvalue weighted by Gasteiger charge is -2.34. The van der Waals surface area contributed by atoms with E-state index < -0.39 is 20.0 Å². The van der Waals surface area contributed by atoms with Gasteiger partial charge < -0.3 is 29.0 Å². The molecule has 1 atom stereocenters. The van der Waals surface area contributed by atoms with Gasteiger partial charge in [-0.3, -0.25) is 34.4 Å². The average Bonchev–Trinajstić information content (AvgIpc) is 3.72. The summed E-state index contributed by atoms with van der Waals surface area (Å²) in [6.07, 6.45) is 4.99. The quantitative estimate of drug-likeness (QED) is 0.0269. The number of nitrogens with one attached hydrogen (secondary N) is 1. The van der Waals surface area contributed by atoms with Gasteiger partial charge in [0.05, 0.1) is 69.6 Å². The van der Waals surface area contributed by atoms with Crippen LogP contribution in [0.3, 0.4) is 0 Å². The number of piperidine rings is 1. The summed E-state index contributed by atoms with van der Waals surface area (Å²) < 4.78 is 56.3. The zero-order chi connectivity index (χ0) is 44.5. The summed E-state index contributed by atoms with van der Waals surface area (Å²) in [5, 5.41) is 30.4. The maximum Gasteiger partial charge on any atom is 0.294 e. The minimum Gasteiger partial charge on any atom is -0.379 e. The number of hydrogen-bond donors (Lipinski definition) is 2. The first-order valence-electron chi connectivity index (χ1n) is 20.8. The van der Waals surface area contributed by atoms with E-state index in [1.54, 1.807) is 30.3 Å². The second-order valence-corrected chi connectivity index (χ2v) is 16.8. The van der Waals surface area contributed by atoms with Crippen LogP contribution in [-0.4, -0.2) is 92.3 Å². The van der Waals surface area contributed by atoms with Gasteiger partial charge in [0.1, 0.15) is 11.3 Å². The molecule has 0 bridgehead atoms. The highest BCUT2D eigenvalue weighted by Crippen LogP contribution is 2.47. The van der Waals surface area contributed by atoms with Crippen molar-refractivity contribution >= 4 is 61.0 Å². The predicted molar refractivity (Wildman–Crippen MR) is 231 cm³/mol. The third-order valence-corrected chi connectivity index (χ3v) is 12.0. The molecule has 2 aliphatic rings. The molecule has 19 heteroatoms. The minimum atomic E-state index is -4.48. The van der Waals surface area contributed by atoms with Crippen LogP contribution in [0.2, 0.25) is 0 Å². The topological polar surface area (TPSA) is 244 Å². The van der Waals surface area contributed by atoms with Crippen LogP contribution in [0.25, 0.3) is 22.2 Å². The Morgan fingerprint density at radius 3 is 2.30 bits per heavy atom. The van der Waals surface area contributed by atoms with Crippen LogP contribution in [0.5, 0.6) is 0 Å². The third-order valence-electron chi connectivity index (χ3n) is 11.2. The van der Waals surface area contributed by atoms with Gasteiger partial charge in [-0.05, 0) is 75.3 Å². The Hall–Kier alpha value is -6.12. The van der Waals surface area contributed by atoms with E-state index in [4.69, 9.17) is 18.7 Å². The number of non-ortho nitro benzene ring substituents is 1. The number of nitro benzene ring substituents is 2. The van der Waals surface area contributed by atoms with Gasteiger partial charge in [-0.15, -0.1) is 0 Å². The molecule has 0 amide bonds. The molecular weight excluding hydrogens is 839 g/mol. The number of Topliss-reactive ketones (excluding diaryl/α,β-unsaturated/α-hetero) is 1. The van der Waals surface area contributed by atoms with E-state index >= 15 is 0 Å². The van der Waals surface area contributed by atoms with Crippen LogP contribution in [0.15, 0.2) is 82.2 Å². The summed E-state index contributed by atoms with van der Waals surface area (Å²) in [5.41, 5.74) is 3.19. The van der Waals surface area contributed by atoms with Gasteiger partial charge in [0.2, 0.25) is 0 Å². The van der Waals surface area contributed by atoms with Crippen LogP contribution >= 0.6 is 0 Å². The maximum atomic E-state index is 14.1. The van der Waals surface area contributed by atoms with E-state index in [2.05, 4.69) is 15.4 Å². The number of nitro groups is 2. The molecule has 1 fully saturated rings. The number of aromatic nitrogens is 1. The summed E-state index contributed by atoms with van der Waals surface area (Å²) in [6, 6.07) is 18.3. The highest BCUT2D eigenvalue weighted by molar-refractivity contribution is 7.85. The number of anilines is 3. The van der Waals surface area contributed by atoms with Gasteiger partial charge in [0, 0.05) is 67.1 Å². The molecule has 0 spiro atoms. The molecule has 18 nitrogen and oxygen atoms in total. The Kier molecular flexibility index (Phi) is 14.5. The Labute approximate surface area is 362 Å². The zero-order valence-electron chi connectivity index (χ0n) is 34.4. The second kappa shape index (κ2) is 20.4. The average molecular weight is 886 g/mol. The number of unbranched alkanes of at least 4 members (excludes halogenated alkanes) is 2. The summed E-state index contributed by atoms with van der Waals surface area (Å²) in [7, 11) is -4.48. The van der Waals surface area contributed by atoms with E-state index in [0.717, 1.165) is 18.9 Å². The van der Waals surface area contributed by atoms with Crippen molar-refractivity contribution in [1.82, 2.24) is 5.16 Å². The van der Waals surface area contributed by atoms with Crippen molar-refractivity contribution in [3.05, 3.63) is 110 Å². The first-order valence-corrected chi connectivity index (χ1v) is 22.2. The molecule has 1 saturated heterocycles. The van der Waals surface area contributed by atoms with Gasteiger partial charge >= 0.3 is 0 Å². The van der Waals surface area contributed by atoms with Crippen molar-refractivity contribution in [2.24, 2.45) is 5.92 Å². The standard InChI is InChI=1S/C44H47N5O13S/c50-39(15-4-6-20-60-22-24-61-23-21-59-19-5-3-9-29-16-17-32(48(52)53)26-37(29)49(54)55)30-10-8-18-47(28-30)38-27-36(45-31-11-7-12-33(25-31)63(56,57)58)40-41-42(38)46-62-44(41)35-14-2-1-13-34(35)43(40)51/h1-2,7,11-14,16-17,25-27,30,45H,3-6,8-10,15,18-24,28H2,(H,56,57,58)/t30-/m1/s1. The lowest BCUT2D eigenvalue weighted by atomic mass is 9.85. The third kappa shape index (κ3) is 10.7. The Bertz CT molecular complexity index is 2610. The Balaban J connectivity index is 0.846. The molecular formula is C44H47N5O13S. The lowest BCUT2D eigenvalue weighted by Crippen LogP contribution is -2.39. The van der Waals surface area contributed by atoms with E-state index in [9.17, 15) is 42.8 Å². The number of ether oxygens (including phenoxy) is 3. The Morgan fingerprint density at radius 1 is 0.873 bits per heavy atom. The lowest BCUT2D eigenvalue weighted by molar-refractivity contribution is -0.394. The summed E-state index contributed by atoms with van der Waals surface area (Å²) in [5.74, 6) is 0.143. The number of hydrogen-bond acceptors (Lipinski definition) is 15. The normalized spacial score (nSPS) is 14.8. The number of benzene rings is 4. The van der Waals surface area contributed by atoms with E-state index in [-0.39, 0.29) is 33.8 Å². The van der Waals surface area contributed by atoms with Crippen molar-refractivity contribution in [2.45, 2.75) is 56.3 Å². The molecule has 332 valence electrons. The molecule has 0 unspecified atom stereocenters. The van der Waals surface area contributed by atoms with E-state index in [0.29, 0.717) is 147 Å². The first kappa shape index (κ1) is 44.9. The van der Waals surface area contributed by atoms with Crippen molar-refractivity contribution in [2.75, 3.05) is 62.9 Å². The van der Waals surface area contributed by atoms with Crippen LogP contribution in [0, 0.1) is 26.1 Å². The molecule has 7 rings (SSSR count). The van der Waals surface area contributed by atoms with Crippen molar-refractivity contribution in [1.29, 1.82) is 0 Å². The molecule has 2 heterocycles. The van der Waals surface area contributed by atoms with Gasteiger partial charge in [0.25, 0.3) is 21.5 Å². The number of aryl methyl sites for hydroxylation is 1. The number of fused-ring (bicyclic) bond motifs is 2. The number of ketones is 2. The predicted octanol–water partition coefficient (Wildman–Crippen LogP) is 7.87. The smallest absolute Gasteiger partial charge is 0.294 e. The highest BCUT2D eigenvalue weighted by atomic mass is 32.2. The molecule has 1 aromatic heterocycles. The summed E-state index contributed by atoms with van der Waals surface area (Å²) in [6.45, 7) is 3.58. The van der Waals surface area contributed by atoms with Gasteiger partial charge in [-0.2, -0.15) is 8.42 Å². The fourth-order valence-corrected chi connectivity index (χ4v) is 8.57. The van der Waals surface area contributed by atoms with Crippen molar-refractivity contribution in [3.63, 3.8) is 0 Å².